The van der Waals surface area contributed by atoms with Crippen molar-refractivity contribution < 1.29 is 13.9 Å². The second-order valence-electron chi connectivity index (χ2n) is 5.51. The highest BCUT2D eigenvalue weighted by molar-refractivity contribution is 6.30. The van der Waals surface area contributed by atoms with E-state index in [1.54, 1.807) is 19.1 Å². The molecule has 0 saturated carbocycles. The summed E-state index contributed by atoms with van der Waals surface area (Å²) in [5.74, 6) is 0.680. The maximum Gasteiger partial charge on any atom is 0.273 e. The third-order valence-electron chi connectivity index (χ3n) is 3.50. The summed E-state index contributed by atoms with van der Waals surface area (Å²) in [6.07, 6.45) is 2.96. The van der Waals surface area contributed by atoms with Crippen LogP contribution in [0.5, 0.6) is 0 Å². The standard InChI is InChI=1S/C18H23ClN2O3/c1-3-4-11-23-12-5-10-20-17(22)16-13(2)24-18(21-16)14-6-8-15(19)9-7-14/h6-9H,3-5,10-12H2,1-2H3,(H,20,22). The van der Waals surface area contributed by atoms with Gasteiger partial charge in [0, 0.05) is 30.3 Å². The van der Waals surface area contributed by atoms with E-state index in [-0.39, 0.29) is 5.91 Å². The number of carbonyl (C=O) groups is 1. The number of aromatic nitrogens is 1. The minimum atomic E-state index is -0.231. The number of aryl methyl sites for hydroxylation is 1. The van der Waals surface area contributed by atoms with Gasteiger partial charge in [0.1, 0.15) is 5.76 Å². The summed E-state index contributed by atoms with van der Waals surface area (Å²) in [6, 6.07) is 7.13. The highest BCUT2D eigenvalue weighted by atomic mass is 35.5. The van der Waals surface area contributed by atoms with Gasteiger partial charge in [-0.3, -0.25) is 4.79 Å². The second-order valence-corrected chi connectivity index (χ2v) is 5.94. The predicted molar refractivity (Wildman–Crippen MR) is 94.4 cm³/mol. The van der Waals surface area contributed by atoms with Crippen LogP contribution in [0.25, 0.3) is 11.5 Å². The Balaban J connectivity index is 1.85. The van der Waals surface area contributed by atoms with Crippen molar-refractivity contribution in [1.29, 1.82) is 0 Å². The average molecular weight is 351 g/mol. The Hall–Kier alpha value is -1.85. The Morgan fingerprint density at radius 1 is 1.25 bits per heavy atom. The van der Waals surface area contributed by atoms with Gasteiger partial charge in [-0.1, -0.05) is 24.9 Å². The molecule has 1 aromatic carbocycles. The zero-order chi connectivity index (χ0) is 17.4. The summed E-state index contributed by atoms with van der Waals surface area (Å²) in [6.45, 7) is 5.83. The number of rotatable bonds is 9. The van der Waals surface area contributed by atoms with Gasteiger partial charge < -0.3 is 14.5 Å². The van der Waals surface area contributed by atoms with Gasteiger partial charge >= 0.3 is 0 Å². The van der Waals surface area contributed by atoms with Crippen molar-refractivity contribution in [1.82, 2.24) is 10.3 Å². The fourth-order valence-corrected chi connectivity index (χ4v) is 2.26. The minimum Gasteiger partial charge on any atom is -0.441 e. The van der Waals surface area contributed by atoms with Crippen LogP contribution >= 0.6 is 11.6 Å². The first-order valence-electron chi connectivity index (χ1n) is 8.21. The van der Waals surface area contributed by atoms with E-state index < -0.39 is 0 Å². The molecule has 1 N–H and O–H groups in total. The number of oxazole rings is 1. The number of hydrogen-bond acceptors (Lipinski definition) is 4. The molecule has 1 aromatic heterocycles. The van der Waals surface area contributed by atoms with E-state index in [0.717, 1.165) is 31.4 Å². The number of amides is 1. The number of nitrogens with one attached hydrogen (secondary N) is 1. The molecule has 0 aliphatic carbocycles. The molecule has 130 valence electrons. The molecule has 0 saturated heterocycles. The zero-order valence-electron chi connectivity index (χ0n) is 14.1. The topological polar surface area (TPSA) is 64.4 Å². The third-order valence-corrected chi connectivity index (χ3v) is 3.75. The number of hydrogen-bond donors (Lipinski definition) is 1. The summed E-state index contributed by atoms with van der Waals surface area (Å²) in [5.41, 5.74) is 1.10. The van der Waals surface area contributed by atoms with Gasteiger partial charge in [-0.2, -0.15) is 0 Å². The van der Waals surface area contributed by atoms with Gasteiger partial charge in [0.2, 0.25) is 5.89 Å². The lowest BCUT2D eigenvalue weighted by Gasteiger charge is -2.04. The number of carbonyl (C=O) groups excluding carboxylic acids is 1. The lowest BCUT2D eigenvalue weighted by Crippen LogP contribution is -2.26. The molecular weight excluding hydrogens is 328 g/mol. The molecule has 0 spiro atoms. The van der Waals surface area contributed by atoms with Crippen LogP contribution in [0.2, 0.25) is 5.02 Å². The number of nitrogens with zero attached hydrogens (tertiary/aromatic N) is 1. The Labute approximate surface area is 147 Å². The summed E-state index contributed by atoms with van der Waals surface area (Å²) >= 11 is 5.87. The van der Waals surface area contributed by atoms with Crippen molar-refractivity contribution in [3.05, 3.63) is 40.7 Å². The molecular formula is C18H23ClN2O3. The van der Waals surface area contributed by atoms with Crippen molar-refractivity contribution >= 4 is 17.5 Å². The van der Waals surface area contributed by atoms with Gasteiger partial charge in [0.15, 0.2) is 5.69 Å². The van der Waals surface area contributed by atoms with E-state index >= 15 is 0 Å². The first-order chi connectivity index (χ1) is 11.6. The van der Waals surface area contributed by atoms with Gasteiger partial charge in [0.25, 0.3) is 5.91 Å². The van der Waals surface area contributed by atoms with Crippen LogP contribution in [-0.2, 0) is 4.74 Å². The van der Waals surface area contributed by atoms with Crippen molar-refractivity contribution in [3.8, 4) is 11.5 Å². The molecule has 0 atom stereocenters. The van der Waals surface area contributed by atoms with Crippen molar-refractivity contribution in [2.24, 2.45) is 0 Å². The third kappa shape index (κ3) is 5.35. The number of halogens is 1. The van der Waals surface area contributed by atoms with E-state index in [9.17, 15) is 4.79 Å². The van der Waals surface area contributed by atoms with Gasteiger partial charge in [-0.15, -0.1) is 0 Å². The van der Waals surface area contributed by atoms with E-state index in [0.29, 0.717) is 35.5 Å². The highest BCUT2D eigenvalue weighted by Gasteiger charge is 2.17. The maximum absolute atomic E-state index is 12.2. The van der Waals surface area contributed by atoms with Crippen molar-refractivity contribution in [2.45, 2.75) is 33.1 Å². The normalized spacial score (nSPS) is 10.8. The molecule has 0 aliphatic heterocycles. The Morgan fingerprint density at radius 3 is 2.67 bits per heavy atom. The summed E-state index contributed by atoms with van der Waals surface area (Å²) in [5, 5.41) is 3.48. The van der Waals surface area contributed by atoms with Gasteiger partial charge in [-0.05, 0) is 44.0 Å². The highest BCUT2D eigenvalue weighted by Crippen LogP contribution is 2.23. The minimum absolute atomic E-state index is 0.231. The fourth-order valence-electron chi connectivity index (χ4n) is 2.13. The van der Waals surface area contributed by atoms with Crippen LogP contribution in [0, 0.1) is 6.92 Å². The lowest BCUT2D eigenvalue weighted by atomic mass is 10.2. The molecule has 5 nitrogen and oxygen atoms in total. The van der Waals surface area contributed by atoms with Gasteiger partial charge in [-0.25, -0.2) is 4.98 Å². The number of unbranched alkanes of at least 4 members (excludes halogenated alkanes) is 1. The molecule has 0 unspecified atom stereocenters. The zero-order valence-corrected chi connectivity index (χ0v) is 14.9. The smallest absolute Gasteiger partial charge is 0.273 e. The molecule has 2 aromatic rings. The van der Waals surface area contributed by atoms with Crippen molar-refractivity contribution in [3.63, 3.8) is 0 Å². The summed E-state index contributed by atoms with van der Waals surface area (Å²) < 4.78 is 11.1. The van der Waals surface area contributed by atoms with E-state index in [2.05, 4.69) is 17.2 Å². The maximum atomic E-state index is 12.2. The first-order valence-corrected chi connectivity index (χ1v) is 8.59. The monoisotopic (exact) mass is 350 g/mol. The summed E-state index contributed by atoms with van der Waals surface area (Å²) in [4.78, 5) is 16.5. The SMILES string of the molecule is CCCCOCCCNC(=O)c1nc(-c2ccc(Cl)cc2)oc1C. The van der Waals surface area contributed by atoms with Crippen molar-refractivity contribution in [2.75, 3.05) is 19.8 Å². The summed E-state index contributed by atoms with van der Waals surface area (Å²) in [7, 11) is 0. The molecule has 1 heterocycles. The van der Waals surface area contributed by atoms with Crippen LogP contribution in [0.4, 0.5) is 0 Å². The van der Waals surface area contributed by atoms with Crippen LogP contribution in [0.1, 0.15) is 42.4 Å². The molecule has 0 bridgehead atoms. The molecule has 0 aliphatic rings. The Kier molecular flexibility index (Phi) is 7.28. The van der Waals surface area contributed by atoms with E-state index in [4.69, 9.17) is 20.8 Å². The average Bonchev–Trinajstić information content (AvgIpc) is 2.96. The molecule has 6 heteroatoms. The second kappa shape index (κ2) is 9.45. The van der Waals surface area contributed by atoms with E-state index in [1.807, 2.05) is 12.1 Å². The fraction of sp³-hybridized carbons (Fsp3) is 0.444. The largest absolute Gasteiger partial charge is 0.441 e. The molecule has 0 fully saturated rings. The Bertz CT molecular complexity index is 653. The van der Waals surface area contributed by atoms with E-state index in [1.165, 1.54) is 0 Å². The molecule has 24 heavy (non-hydrogen) atoms. The Morgan fingerprint density at radius 2 is 1.96 bits per heavy atom. The van der Waals surface area contributed by atoms with Crippen LogP contribution < -0.4 is 5.32 Å². The molecule has 2 rings (SSSR count). The number of benzene rings is 1. The lowest BCUT2D eigenvalue weighted by molar-refractivity contribution is 0.0934. The molecule has 1 amide bonds. The van der Waals surface area contributed by atoms with Crippen LogP contribution in [0.3, 0.4) is 0 Å². The number of ether oxygens (including phenoxy) is 1. The van der Waals surface area contributed by atoms with Gasteiger partial charge in [0.05, 0.1) is 0 Å². The predicted octanol–water partition coefficient (Wildman–Crippen LogP) is 4.24. The quantitative estimate of drug-likeness (QED) is 0.687. The molecule has 0 radical (unpaired) electrons. The van der Waals surface area contributed by atoms with Crippen LogP contribution in [-0.4, -0.2) is 30.6 Å². The first kappa shape index (κ1) is 18.5. The van der Waals surface area contributed by atoms with Crippen LogP contribution in [0.15, 0.2) is 28.7 Å².